The Labute approximate surface area is 98.7 Å². The van der Waals surface area contributed by atoms with Crippen molar-refractivity contribution in [3.8, 4) is 0 Å². The topological polar surface area (TPSA) is 42.5 Å². The van der Waals surface area contributed by atoms with Gasteiger partial charge in [0.2, 0.25) is 0 Å². The van der Waals surface area contributed by atoms with Crippen LogP contribution in [0.25, 0.3) is 0 Å². The Morgan fingerprint density at radius 1 is 1.06 bits per heavy atom. The molecule has 2 N–H and O–H groups in total. The molecule has 0 bridgehead atoms. The van der Waals surface area contributed by atoms with Gasteiger partial charge in [-0.2, -0.15) is 0 Å². The molecule has 0 aromatic carbocycles. The quantitative estimate of drug-likeness (QED) is 0.523. The first-order valence-electron chi connectivity index (χ1n) is 5.63. The number of rotatable bonds is 11. The van der Waals surface area contributed by atoms with Crippen molar-refractivity contribution in [1.82, 2.24) is 10.6 Å². The van der Waals surface area contributed by atoms with Gasteiger partial charge < -0.3 is 20.1 Å². The molecule has 0 aromatic rings. The van der Waals surface area contributed by atoms with E-state index < -0.39 is 0 Å². The highest BCUT2D eigenvalue weighted by Gasteiger charge is 1.93. The third-order valence-electron chi connectivity index (χ3n) is 1.77. The molecule has 0 unspecified atom stereocenters. The second-order valence-electron chi connectivity index (χ2n) is 3.49. The zero-order valence-corrected chi connectivity index (χ0v) is 10.5. The highest BCUT2D eigenvalue weighted by molar-refractivity contribution is 4.90. The third-order valence-corrected chi connectivity index (χ3v) is 1.77. The van der Waals surface area contributed by atoms with E-state index in [4.69, 9.17) is 9.47 Å². The molecule has 4 nitrogen and oxygen atoms in total. The monoisotopic (exact) mass is 228 g/mol. The van der Waals surface area contributed by atoms with Gasteiger partial charge in [-0.1, -0.05) is 13.2 Å². The van der Waals surface area contributed by atoms with E-state index in [-0.39, 0.29) is 0 Å². The molecule has 0 aliphatic rings. The van der Waals surface area contributed by atoms with Crippen LogP contribution >= 0.6 is 0 Å². The first kappa shape index (κ1) is 15.0. The van der Waals surface area contributed by atoms with Gasteiger partial charge in [0.25, 0.3) is 0 Å². The summed E-state index contributed by atoms with van der Waals surface area (Å²) in [6.45, 7) is 15.7. The molecule has 0 aromatic heterocycles. The fraction of sp³-hybridized carbons (Fsp3) is 0.667. The summed E-state index contributed by atoms with van der Waals surface area (Å²) in [5, 5.41) is 6.23. The maximum Gasteiger partial charge on any atom is 0.0856 e. The molecular formula is C12H24N2O2. The van der Waals surface area contributed by atoms with Crippen LogP contribution < -0.4 is 10.6 Å². The van der Waals surface area contributed by atoms with Crippen LogP contribution in [0.3, 0.4) is 0 Å². The lowest BCUT2D eigenvalue weighted by Gasteiger charge is -2.10. The molecule has 16 heavy (non-hydrogen) atoms. The van der Waals surface area contributed by atoms with Crippen molar-refractivity contribution in [2.45, 2.75) is 13.8 Å². The Kier molecular flexibility index (Phi) is 9.86. The Hall–Kier alpha value is -1.00. The fourth-order valence-corrected chi connectivity index (χ4v) is 1.01. The number of ether oxygens (including phenoxy) is 2. The molecule has 0 amide bonds. The van der Waals surface area contributed by atoms with Crippen LogP contribution in [0, 0.1) is 0 Å². The van der Waals surface area contributed by atoms with Crippen molar-refractivity contribution in [2.24, 2.45) is 0 Å². The first-order valence-corrected chi connectivity index (χ1v) is 5.63. The smallest absolute Gasteiger partial charge is 0.0856 e. The summed E-state index contributed by atoms with van der Waals surface area (Å²) in [6, 6.07) is 0. The standard InChI is InChI=1S/C12H24N2O2/c1-5-15-10-12(4)14-7-9-16-8-6-13-11(2)3/h13-14H,2,4-10H2,1,3H3. The van der Waals surface area contributed by atoms with E-state index in [9.17, 15) is 0 Å². The van der Waals surface area contributed by atoms with Crippen molar-refractivity contribution in [2.75, 3.05) is 39.5 Å². The summed E-state index contributed by atoms with van der Waals surface area (Å²) in [7, 11) is 0. The SMILES string of the molecule is C=C(C)NCCOCCNC(=C)COCC. The average molecular weight is 228 g/mol. The van der Waals surface area contributed by atoms with E-state index in [1.165, 1.54) is 0 Å². The summed E-state index contributed by atoms with van der Waals surface area (Å²) in [5.41, 5.74) is 1.86. The number of nitrogens with one attached hydrogen (secondary N) is 2. The Morgan fingerprint density at radius 2 is 1.69 bits per heavy atom. The van der Waals surface area contributed by atoms with Gasteiger partial charge in [0.05, 0.1) is 19.8 Å². The molecule has 0 aliphatic heterocycles. The van der Waals surface area contributed by atoms with Crippen LogP contribution in [0.5, 0.6) is 0 Å². The van der Waals surface area contributed by atoms with Crippen molar-refractivity contribution in [3.63, 3.8) is 0 Å². The summed E-state index contributed by atoms with van der Waals surface area (Å²) in [4.78, 5) is 0. The van der Waals surface area contributed by atoms with E-state index in [0.29, 0.717) is 26.4 Å². The van der Waals surface area contributed by atoms with Crippen LogP contribution in [-0.4, -0.2) is 39.5 Å². The van der Waals surface area contributed by atoms with Gasteiger partial charge in [0, 0.05) is 31.1 Å². The van der Waals surface area contributed by atoms with Gasteiger partial charge in [-0.15, -0.1) is 0 Å². The van der Waals surface area contributed by atoms with Crippen LogP contribution in [0.2, 0.25) is 0 Å². The number of hydrogen-bond donors (Lipinski definition) is 2. The molecular weight excluding hydrogens is 204 g/mol. The molecule has 0 fully saturated rings. The first-order chi connectivity index (χ1) is 7.66. The molecule has 0 atom stereocenters. The lowest BCUT2D eigenvalue weighted by Crippen LogP contribution is -2.23. The molecule has 0 rings (SSSR count). The minimum absolute atomic E-state index is 0.563. The normalized spacial score (nSPS) is 9.88. The van der Waals surface area contributed by atoms with Gasteiger partial charge in [-0.3, -0.25) is 0 Å². The van der Waals surface area contributed by atoms with Gasteiger partial charge in [0.1, 0.15) is 0 Å². The van der Waals surface area contributed by atoms with Crippen LogP contribution in [0.4, 0.5) is 0 Å². The number of hydrogen-bond acceptors (Lipinski definition) is 4. The minimum atomic E-state index is 0.563. The second-order valence-corrected chi connectivity index (χ2v) is 3.49. The van der Waals surface area contributed by atoms with Crippen molar-refractivity contribution in [3.05, 3.63) is 24.6 Å². The molecule has 0 heterocycles. The van der Waals surface area contributed by atoms with Crippen molar-refractivity contribution >= 4 is 0 Å². The fourth-order valence-electron chi connectivity index (χ4n) is 1.01. The summed E-state index contributed by atoms with van der Waals surface area (Å²) < 4.78 is 10.6. The van der Waals surface area contributed by atoms with Crippen molar-refractivity contribution in [1.29, 1.82) is 0 Å². The third kappa shape index (κ3) is 11.1. The predicted octanol–water partition coefficient (Wildman–Crippen LogP) is 1.27. The molecule has 0 aliphatic carbocycles. The lowest BCUT2D eigenvalue weighted by molar-refractivity contribution is 0.136. The molecule has 0 saturated heterocycles. The zero-order valence-electron chi connectivity index (χ0n) is 10.5. The Morgan fingerprint density at radius 3 is 2.25 bits per heavy atom. The number of allylic oxidation sites excluding steroid dienone is 1. The van der Waals surface area contributed by atoms with E-state index >= 15 is 0 Å². The van der Waals surface area contributed by atoms with Crippen LogP contribution in [0.15, 0.2) is 24.6 Å². The van der Waals surface area contributed by atoms with E-state index in [1.54, 1.807) is 0 Å². The highest BCUT2D eigenvalue weighted by atomic mass is 16.5. The van der Waals surface area contributed by atoms with Gasteiger partial charge in [-0.25, -0.2) is 0 Å². The summed E-state index contributed by atoms with van der Waals surface area (Å²) >= 11 is 0. The molecule has 0 spiro atoms. The van der Waals surface area contributed by atoms with E-state index in [0.717, 1.165) is 24.5 Å². The second kappa shape index (κ2) is 10.5. The van der Waals surface area contributed by atoms with Gasteiger partial charge in [0.15, 0.2) is 0 Å². The van der Waals surface area contributed by atoms with E-state index in [1.807, 2.05) is 13.8 Å². The average Bonchev–Trinajstić information content (AvgIpc) is 2.24. The van der Waals surface area contributed by atoms with Crippen molar-refractivity contribution < 1.29 is 9.47 Å². The summed E-state index contributed by atoms with van der Waals surface area (Å²) in [5.74, 6) is 0. The lowest BCUT2D eigenvalue weighted by atomic mass is 10.5. The summed E-state index contributed by atoms with van der Waals surface area (Å²) in [6.07, 6.45) is 0. The zero-order chi connectivity index (χ0) is 12.2. The van der Waals surface area contributed by atoms with E-state index in [2.05, 4.69) is 23.8 Å². The molecule has 94 valence electrons. The predicted molar refractivity (Wildman–Crippen MR) is 67.3 cm³/mol. The largest absolute Gasteiger partial charge is 0.387 e. The van der Waals surface area contributed by atoms with Gasteiger partial charge >= 0.3 is 0 Å². The Balaban J connectivity index is 3.14. The maximum atomic E-state index is 5.39. The molecule has 0 saturated carbocycles. The van der Waals surface area contributed by atoms with Gasteiger partial charge in [-0.05, 0) is 13.8 Å². The molecule has 4 heteroatoms. The minimum Gasteiger partial charge on any atom is -0.387 e. The Bertz CT molecular complexity index is 205. The van der Waals surface area contributed by atoms with Crippen LogP contribution in [-0.2, 0) is 9.47 Å². The molecule has 0 radical (unpaired) electrons. The van der Waals surface area contributed by atoms with Crippen LogP contribution in [0.1, 0.15) is 13.8 Å². The maximum absolute atomic E-state index is 5.39. The highest BCUT2D eigenvalue weighted by Crippen LogP contribution is 1.85.